The Hall–Kier alpha value is -2.52. The number of hydrogen-bond donors (Lipinski definition) is 3. The van der Waals surface area contributed by atoms with E-state index in [9.17, 15) is 14.4 Å². The fourth-order valence-electron chi connectivity index (χ4n) is 2.16. The van der Waals surface area contributed by atoms with Crippen molar-refractivity contribution in [1.82, 2.24) is 20.8 Å². The third-order valence-electron chi connectivity index (χ3n) is 3.34. The maximum Gasteiger partial charge on any atom is 0.273 e. The van der Waals surface area contributed by atoms with E-state index in [0.717, 1.165) is 18.2 Å². The molecule has 2 amide bonds. The van der Waals surface area contributed by atoms with E-state index in [-0.39, 0.29) is 16.9 Å². The number of benzene rings is 1. The molecule has 2 rings (SSSR count). The molecular formula is C17H19ClN4O4S. The first-order valence-corrected chi connectivity index (χ1v) is 9.45. The van der Waals surface area contributed by atoms with Gasteiger partial charge >= 0.3 is 0 Å². The van der Waals surface area contributed by atoms with E-state index >= 15 is 0 Å². The Morgan fingerprint density at radius 1 is 1.30 bits per heavy atom. The lowest BCUT2D eigenvalue weighted by molar-refractivity contribution is -0.119. The maximum absolute atomic E-state index is 12.2. The summed E-state index contributed by atoms with van der Waals surface area (Å²) in [6.07, 6.45) is 1.54. The average molecular weight is 411 g/mol. The van der Waals surface area contributed by atoms with Crippen LogP contribution in [0.15, 0.2) is 34.2 Å². The Balaban J connectivity index is 1.91. The van der Waals surface area contributed by atoms with Gasteiger partial charge in [-0.1, -0.05) is 36.7 Å². The molecule has 0 spiro atoms. The van der Waals surface area contributed by atoms with E-state index in [1.165, 1.54) is 19.2 Å². The summed E-state index contributed by atoms with van der Waals surface area (Å²) in [6.45, 7) is 1.99. The molecule has 0 fully saturated rings. The smallest absolute Gasteiger partial charge is 0.273 e. The molecule has 0 aliphatic heterocycles. The van der Waals surface area contributed by atoms with Crippen LogP contribution in [-0.2, 0) is 11.2 Å². The number of hydrazine groups is 1. The molecule has 0 bridgehead atoms. The summed E-state index contributed by atoms with van der Waals surface area (Å²) < 4.78 is 5.10. The molecule has 3 N–H and O–H groups in total. The topological polar surface area (TPSA) is 113 Å². The van der Waals surface area contributed by atoms with Crippen molar-refractivity contribution in [3.05, 3.63) is 50.9 Å². The first-order valence-electron chi connectivity index (χ1n) is 8.08. The number of methoxy groups -OCH3 is 1. The van der Waals surface area contributed by atoms with Gasteiger partial charge in [-0.15, -0.1) is 0 Å². The van der Waals surface area contributed by atoms with Crippen molar-refractivity contribution in [3.8, 4) is 5.75 Å². The second-order valence-electron chi connectivity index (χ2n) is 5.43. The number of hydrogen-bond acceptors (Lipinski definition) is 6. The molecular weight excluding hydrogens is 392 g/mol. The molecule has 0 radical (unpaired) electrons. The quantitative estimate of drug-likeness (QED) is 0.365. The van der Waals surface area contributed by atoms with Crippen molar-refractivity contribution in [2.45, 2.75) is 24.9 Å². The molecule has 144 valence electrons. The van der Waals surface area contributed by atoms with Crippen molar-refractivity contribution in [2.75, 3.05) is 12.9 Å². The predicted octanol–water partition coefficient (Wildman–Crippen LogP) is 1.94. The molecule has 2 aromatic rings. The Labute approximate surface area is 165 Å². The minimum Gasteiger partial charge on any atom is -0.496 e. The molecule has 0 aliphatic carbocycles. The first-order chi connectivity index (χ1) is 12.9. The highest BCUT2D eigenvalue weighted by molar-refractivity contribution is 7.99. The summed E-state index contributed by atoms with van der Waals surface area (Å²) in [5.74, 6) is -0.733. The van der Waals surface area contributed by atoms with E-state index in [4.69, 9.17) is 16.3 Å². The number of thioether (sulfide) groups is 1. The Kier molecular flexibility index (Phi) is 7.68. The average Bonchev–Trinajstić information content (AvgIpc) is 2.64. The summed E-state index contributed by atoms with van der Waals surface area (Å²) in [6, 6.07) is 6.02. The van der Waals surface area contributed by atoms with Crippen LogP contribution in [0.5, 0.6) is 5.75 Å². The monoisotopic (exact) mass is 410 g/mol. The summed E-state index contributed by atoms with van der Waals surface area (Å²) in [4.78, 5) is 42.6. The van der Waals surface area contributed by atoms with E-state index in [2.05, 4.69) is 20.8 Å². The van der Waals surface area contributed by atoms with Crippen LogP contribution in [0.3, 0.4) is 0 Å². The SMILES string of the molecule is CCCc1cc(=O)[nH]c(SCC(=O)NNC(=O)c2cc(Cl)ccc2OC)n1. The molecule has 0 aliphatic rings. The van der Waals surface area contributed by atoms with E-state index in [0.29, 0.717) is 28.0 Å². The van der Waals surface area contributed by atoms with E-state index in [1.54, 1.807) is 12.1 Å². The number of aryl methyl sites for hydroxylation is 1. The number of carbonyl (C=O) groups excluding carboxylic acids is 2. The highest BCUT2D eigenvalue weighted by Gasteiger charge is 2.14. The van der Waals surface area contributed by atoms with Crippen molar-refractivity contribution in [3.63, 3.8) is 0 Å². The second kappa shape index (κ2) is 9.98. The number of rotatable bonds is 7. The number of aromatic nitrogens is 2. The minimum atomic E-state index is -0.566. The van der Waals surface area contributed by atoms with Crippen LogP contribution in [0.1, 0.15) is 29.4 Å². The van der Waals surface area contributed by atoms with Gasteiger partial charge in [0.25, 0.3) is 11.5 Å². The number of nitrogens with zero attached hydrogens (tertiary/aromatic N) is 1. The van der Waals surface area contributed by atoms with E-state index in [1.807, 2.05) is 6.92 Å². The van der Waals surface area contributed by atoms with Crippen LogP contribution in [-0.4, -0.2) is 34.6 Å². The van der Waals surface area contributed by atoms with E-state index < -0.39 is 11.8 Å². The lowest BCUT2D eigenvalue weighted by Gasteiger charge is -2.10. The number of ether oxygens (including phenoxy) is 1. The largest absolute Gasteiger partial charge is 0.496 e. The molecule has 1 aromatic carbocycles. The Morgan fingerprint density at radius 2 is 2.07 bits per heavy atom. The van der Waals surface area contributed by atoms with Gasteiger partial charge in [0.05, 0.1) is 18.4 Å². The molecule has 27 heavy (non-hydrogen) atoms. The fourth-order valence-corrected chi connectivity index (χ4v) is 3.02. The van der Waals surface area contributed by atoms with Crippen molar-refractivity contribution in [1.29, 1.82) is 0 Å². The van der Waals surface area contributed by atoms with Gasteiger partial charge in [0.2, 0.25) is 5.91 Å². The zero-order valence-corrected chi connectivity index (χ0v) is 16.4. The van der Waals surface area contributed by atoms with Gasteiger partial charge < -0.3 is 9.72 Å². The highest BCUT2D eigenvalue weighted by atomic mass is 35.5. The second-order valence-corrected chi connectivity index (χ2v) is 6.83. The van der Waals surface area contributed by atoms with Crippen LogP contribution in [0, 0.1) is 0 Å². The normalized spacial score (nSPS) is 10.3. The predicted molar refractivity (Wildman–Crippen MR) is 103 cm³/mol. The number of nitrogens with one attached hydrogen (secondary N) is 3. The van der Waals surface area contributed by atoms with Gasteiger partial charge in [-0.05, 0) is 24.6 Å². The summed E-state index contributed by atoms with van der Waals surface area (Å²) >= 11 is 6.95. The molecule has 10 heteroatoms. The summed E-state index contributed by atoms with van der Waals surface area (Å²) in [5.41, 5.74) is 5.19. The van der Waals surface area contributed by atoms with Gasteiger partial charge in [0.1, 0.15) is 5.75 Å². The Bertz CT molecular complexity index is 887. The minimum absolute atomic E-state index is 0.0362. The van der Waals surface area contributed by atoms with Gasteiger partial charge in [-0.3, -0.25) is 25.2 Å². The van der Waals surface area contributed by atoms with Crippen LogP contribution in [0.25, 0.3) is 0 Å². The van der Waals surface area contributed by atoms with Gasteiger partial charge in [0, 0.05) is 16.8 Å². The van der Waals surface area contributed by atoms with Crippen molar-refractivity contribution < 1.29 is 14.3 Å². The van der Waals surface area contributed by atoms with Crippen LogP contribution >= 0.6 is 23.4 Å². The molecule has 0 saturated carbocycles. The zero-order chi connectivity index (χ0) is 19.8. The van der Waals surface area contributed by atoms with Crippen LogP contribution < -0.4 is 21.1 Å². The third-order valence-corrected chi connectivity index (χ3v) is 4.45. The van der Waals surface area contributed by atoms with Crippen LogP contribution in [0.4, 0.5) is 0 Å². The fraction of sp³-hybridized carbons (Fsp3) is 0.294. The first kappa shape index (κ1) is 20.8. The summed E-state index contributed by atoms with van der Waals surface area (Å²) in [5, 5.41) is 0.716. The number of halogens is 1. The maximum atomic E-state index is 12.2. The van der Waals surface area contributed by atoms with Gasteiger partial charge in [-0.2, -0.15) is 0 Å². The van der Waals surface area contributed by atoms with Crippen molar-refractivity contribution in [2.24, 2.45) is 0 Å². The highest BCUT2D eigenvalue weighted by Crippen LogP contribution is 2.22. The molecule has 0 saturated heterocycles. The number of carbonyl (C=O) groups is 2. The van der Waals surface area contributed by atoms with Gasteiger partial charge in [0.15, 0.2) is 5.16 Å². The molecule has 8 nitrogen and oxygen atoms in total. The summed E-state index contributed by atoms with van der Waals surface area (Å²) in [7, 11) is 1.43. The number of aromatic amines is 1. The molecule has 1 aromatic heterocycles. The van der Waals surface area contributed by atoms with Gasteiger partial charge in [-0.25, -0.2) is 4.98 Å². The molecule has 0 atom stereocenters. The number of H-pyrrole nitrogens is 1. The third kappa shape index (κ3) is 6.30. The van der Waals surface area contributed by atoms with Crippen LogP contribution in [0.2, 0.25) is 5.02 Å². The zero-order valence-electron chi connectivity index (χ0n) is 14.8. The lowest BCUT2D eigenvalue weighted by Crippen LogP contribution is -2.42. The Morgan fingerprint density at radius 3 is 2.78 bits per heavy atom. The molecule has 0 unspecified atom stereocenters. The molecule has 1 heterocycles. The van der Waals surface area contributed by atoms with Crippen molar-refractivity contribution >= 4 is 35.2 Å². The standard InChI is InChI=1S/C17H19ClN4O4S/c1-3-4-11-8-14(23)20-17(19-11)27-9-15(24)21-22-16(25)12-7-10(18)5-6-13(12)26-2/h5-8H,3-4,9H2,1-2H3,(H,21,24)(H,22,25)(H,19,20,23). The lowest BCUT2D eigenvalue weighted by atomic mass is 10.2. The number of amides is 2.